The number of nitrogens with one attached hydrogen (secondary N) is 2. The number of piperidine rings is 2. The number of anilines is 1. The topological polar surface area (TPSA) is 57.3 Å². The largest absolute Gasteiger partial charge is 0.417 e. The molecule has 10 heteroatoms. The number of hydrogen-bond acceptors (Lipinski definition) is 4. The summed E-state index contributed by atoms with van der Waals surface area (Å²) in [6.45, 7) is 3.06. The summed E-state index contributed by atoms with van der Waals surface area (Å²) in [5.74, 6) is 0.705. The molecule has 3 rings (SSSR count). The molecule has 1 amide bonds. The molecule has 0 aliphatic carbocycles. The first-order valence-electron chi connectivity index (χ1n) is 8.73. The second-order valence-corrected chi connectivity index (χ2v) is 6.72. The molecule has 3 heterocycles. The number of alkyl halides is 3. The minimum absolute atomic E-state index is 0. The van der Waals surface area contributed by atoms with Crippen LogP contribution in [0.15, 0.2) is 18.3 Å². The van der Waals surface area contributed by atoms with Gasteiger partial charge < -0.3 is 15.5 Å². The summed E-state index contributed by atoms with van der Waals surface area (Å²) < 4.78 is 37.8. The Labute approximate surface area is 169 Å². The summed E-state index contributed by atoms with van der Waals surface area (Å²) in [7, 11) is 0. The van der Waals surface area contributed by atoms with Gasteiger partial charge in [-0.1, -0.05) is 0 Å². The van der Waals surface area contributed by atoms with Gasteiger partial charge in [0.05, 0.1) is 11.5 Å². The van der Waals surface area contributed by atoms with Gasteiger partial charge in [0.15, 0.2) is 0 Å². The van der Waals surface area contributed by atoms with Crippen molar-refractivity contribution in [3.05, 3.63) is 23.9 Å². The third-order valence-corrected chi connectivity index (χ3v) is 4.91. The van der Waals surface area contributed by atoms with Crippen LogP contribution >= 0.6 is 24.8 Å². The van der Waals surface area contributed by atoms with Gasteiger partial charge >= 0.3 is 6.18 Å². The van der Waals surface area contributed by atoms with Gasteiger partial charge in [-0.25, -0.2) is 4.98 Å². The summed E-state index contributed by atoms with van der Waals surface area (Å²) in [4.78, 5) is 18.2. The van der Waals surface area contributed by atoms with Crippen LogP contribution in [0.3, 0.4) is 0 Å². The zero-order chi connectivity index (χ0) is 17.9. The molecule has 1 aromatic heterocycles. The van der Waals surface area contributed by atoms with Crippen LogP contribution in [0.25, 0.3) is 0 Å². The van der Waals surface area contributed by atoms with Crippen molar-refractivity contribution in [2.24, 2.45) is 5.92 Å². The first-order valence-corrected chi connectivity index (χ1v) is 8.73. The van der Waals surface area contributed by atoms with Gasteiger partial charge in [0, 0.05) is 31.9 Å². The van der Waals surface area contributed by atoms with Crippen LogP contribution < -0.4 is 15.5 Å². The summed E-state index contributed by atoms with van der Waals surface area (Å²) >= 11 is 0. The maximum atomic E-state index is 12.6. The van der Waals surface area contributed by atoms with Crippen molar-refractivity contribution in [2.75, 3.05) is 31.1 Å². The van der Waals surface area contributed by atoms with Crippen molar-refractivity contribution in [2.45, 2.75) is 37.9 Å². The number of halogens is 5. The molecule has 2 saturated heterocycles. The molecule has 0 spiro atoms. The molecular formula is C17H25Cl2F3N4O. The van der Waals surface area contributed by atoms with Crippen molar-refractivity contribution in [3.63, 3.8) is 0 Å². The minimum Gasteiger partial charge on any atom is -0.356 e. The van der Waals surface area contributed by atoms with E-state index in [4.69, 9.17) is 0 Å². The Morgan fingerprint density at radius 2 is 1.89 bits per heavy atom. The van der Waals surface area contributed by atoms with Crippen molar-refractivity contribution >= 4 is 36.5 Å². The van der Waals surface area contributed by atoms with Crippen LogP contribution in [-0.2, 0) is 11.0 Å². The van der Waals surface area contributed by atoms with Crippen molar-refractivity contribution in [3.8, 4) is 0 Å². The van der Waals surface area contributed by atoms with Crippen LogP contribution in [0.4, 0.5) is 19.0 Å². The number of rotatable bonds is 3. The van der Waals surface area contributed by atoms with Crippen LogP contribution in [0.2, 0.25) is 0 Å². The normalized spacial score (nSPS) is 21.0. The lowest BCUT2D eigenvalue weighted by Gasteiger charge is -2.34. The van der Waals surface area contributed by atoms with Crippen LogP contribution in [0.5, 0.6) is 0 Å². The van der Waals surface area contributed by atoms with E-state index in [1.165, 1.54) is 6.07 Å². The number of hydrogen-bond donors (Lipinski definition) is 2. The Kier molecular flexibility index (Phi) is 9.11. The highest BCUT2D eigenvalue weighted by atomic mass is 35.5. The highest BCUT2D eigenvalue weighted by molar-refractivity contribution is 5.85. The molecule has 27 heavy (non-hydrogen) atoms. The number of carbonyl (C=O) groups is 1. The lowest BCUT2D eigenvalue weighted by molar-refractivity contribution is -0.137. The molecule has 154 valence electrons. The van der Waals surface area contributed by atoms with Gasteiger partial charge in [-0.05, 0) is 44.4 Å². The zero-order valence-corrected chi connectivity index (χ0v) is 16.4. The minimum atomic E-state index is -4.36. The van der Waals surface area contributed by atoms with E-state index in [0.717, 1.165) is 51.0 Å². The summed E-state index contributed by atoms with van der Waals surface area (Å²) in [6, 6.07) is 2.60. The highest BCUT2D eigenvalue weighted by Gasteiger charge is 2.31. The average Bonchev–Trinajstić information content (AvgIpc) is 2.62. The maximum absolute atomic E-state index is 12.6. The van der Waals surface area contributed by atoms with E-state index in [-0.39, 0.29) is 42.7 Å². The number of nitrogens with zero attached hydrogens (tertiary/aromatic N) is 2. The molecule has 0 aromatic carbocycles. The molecule has 0 saturated carbocycles. The third-order valence-electron chi connectivity index (χ3n) is 4.91. The Morgan fingerprint density at radius 3 is 2.41 bits per heavy atom. The van der Waals surface area contributed by atoms with Crippen LogP contribution in [0, 0.1) is 5.92 Å². The van der Waals surface area contributed by atoms with Crippen molar-refractivity contribution in [1.82, 2.24) is 15.6 Å². The number of amides is 1. The number of carbonyl (C=O) groups excluding carboxylic acids is 1. The van der Waals surface area contributed by atoms with E-state index in [0.29, 0.717) is 18.9 Å². The second-order valence-electron chi connectivity index (χ2n) is 6.72. The molecule has 1 unspecified atom stereocenters. The molecular weight excluding hydrogens is 404 g/mol. The number of pyridine rings is 1. The van der Waals surface area contributed by atoms with Gasteiger partial charge in [0.1, 0.15) is 5.82 Å². The fraction of sp³-hybridized carbons (Fsp3) is 0.647. The van der Waals surface area contributed by atoms with E-state index in [2.05, 4.69) is 15.6 Å². The molecule has 2 aliphatic rings. The average molecular weight is 429 g/mol. The van der Waals surface area contributed by atoms with Crippen LogP contribution in [-0.4, -0.2) is 43.1 Å². The lowest BCUT2D eigenvalue weighted by Crippen LogP contribution is -2.48. The Bertz CT molecular complexity index is 587. The van der Waals surface area contributed by atoms with E-state index in [1.807, 2.05) is 4.90 Å². The fourth-order valence-electron chi connectivity index (χ4n) is 3.39. The predicted molar refractivity (Wildman–Crippen MR) is 103 cm³/mol. The van der Waals surface area contributed by atoms with E-state index >= 15 is 0 Å². The molecule has 2 fully saturated rings. The van der Waals surface area contributed by atoms with Gasteiger partial charge in [-0.3, -0.25) is 4.79 Å². The monoisotopic (exact) mass is 428 g/mol. The van der Waals surface area contributed by atoms with Gasteiger partial charge in [0.25, 0.3) is 0 Å². The number of aromatic nitrogens is 1. The lowest BCUT2D eigenvalue weighted by atomic mass is 9.97. The van der Waals surface area contributed by atoms with Gasteiger partial charge in [-0.15, -0.1) is 24.8 Å². The maximum Gasteiger partial charge on any atom is 0.417 e. The Hall–Kier alpha value is -1.25. The van der Waals surface area contributed by atoms with E-state index in [1.54, 1.807) is 0 Å². The third kappa shape index (κ3) is 6.40. The summed E-state index contributed by atoms with van der Waals surface area (Å²) in [6.07, 6.45) is 0.00249. The first kappa shape index (κ1) is 23.8. The quantitative estimate of drug-likeness (QED) is 0.776. The van der Waals surface area contributed by atoms with E-state index < -0.39 is 11.7 Å². The molecule has 1 atom stereocenters. The SMILES string of the molecule is Cl.Cl.O=C(NC1CCN(c2ccc(C(F)(F)F)cn2)CC1)C1CCCNC1. The molecule has 1 aromatic rings. The summed E-state index contributed by atoms with van der Waals surface area (Å²) in [5, 5.41) is 6.35. The molecule has 0 radical (unpaired) electrons. The standard InChI is InChI=1S/C17H23F3N4O.2ClH/c18-17(19,20)13-3-4-15(22-11-13)24-8-5-14(6-9-24)23-16(25)12-2-1-7-21-10-12;;/h3-4,11-12,14,21H,1-2,5-10H2,(H,23,25);2*1H. The Morgan fingerprint density at radius 1 is 1.19 bits per heavy atom. The fourth-order valence-corrected chi connectivity index (χ4v) is 3.39. The van der Waals surface area contributed by atoms with Crippen molar-refractivity contribution < 1.29 is 18.0 Å². The first-order chi connectivity index (χ1) is 11.9. The zero-order valence-electron chi connectivity index (χ0n) is 14.8. The van der Waals surface area contributed by atoms with E-state index in [9.17, 15) is 18.0 Å². The molecule has 2 aliphatic heterocycles. The summed E-state index contributed by atoms with van der Waals surface area (Å²) in [5.41, 5.74) is -0.737. The van der Waals surface area contributed by atoms with Gasteiger partial charge in [0.2, 0.25) is 5.91 Å². The molecule has 5 nitrogen and oxygen atoms in total. The molecule has 0 bridgehead atoms. The van der Waals surface area contributed by atoms with Gasteiger partial charge in [-0.2, -0.15) is 13.2 Å². The second kappa shape index (κ2) is 10.3. The van der Waals surface area contributed by atoms with Crippen LogP contribution in [0.1, 0.15) is 31.2 Å². The van der Waals surface area contributed by atoms with Crippen molar-refractivity contribution in [1.29, 1.82) is 0 Å². The Balaban J connectivity index is 0.00000182. The molecule has 2 N–H and O–H groups in total. The highest BCUT2D eigenvalue weighted by Crippen LogP contribution is 2.29. The predicted octanol–water partition coefficient (Wildman–Crippen LogP) is 3.03. The smallest absolute Gasteiger partial charge is 0.356 e.